The Kier molecular flexibility index (Phi) is 6.01. The number of rotatable bonds is 6. The van der Waals surface area contributed by atoms with Gasteiger partial charge in [0.15, 0.2) is 0 Å². The van der Waals surface area contributed by atoms with Gasteiger partial charge in [0.1, 0.15) is 11.3 Å². The van der Waals surface area contributed by atoms with Crippen molar-refractivity contribution in [1.29, 1.82) is 5.26 Å². The summed E-state index contributed by atoms with van der Waals surface area (Å²) in [5.41, 5.74) is 8.36. The van der Waals surface area contributed by atoms with Crippen LogP contribution >= 0.6 is 0 Å². The lowest BCUT2D eigenvalue weighted by molar-refractivity contribution is 0.459. The highest BCUT2D eigenvalue weighted by Crippen LogP contribution is 2.36. The predicted molar refractivity (Wildman–Crippen MR) is 144 cm³/mol. The highest BCUT2D eigenvalue weighted by Gasteiger charge is 2.16. The van der Waals surface area contributed by atoms with E-state index in [1.54, 1.807) is 12.1 Å². The molecule has 0 aliphatic carbocycles. The average Bonchev–Trinajstić information content (AvgIpc) is 3.27. The summed E-state index contributed by atoms with van der Waals surface area (Å²) in [5, 5.41) is 15.4. The standard InChI is InChI=1S/C29H26N6O/c1-18-15-22(21-7-11-23(31-3)12-8-21)16-19(2)27(18)36-28-26-25(13-14-35(26)4)33-29(34-28)32-24-9-5-20(17-30)6-10-24/h5-16,31H,1-4H3,(H,32,33,34). The molecule has 2 heterocycles. The van der Waals surface area contributed by atoms with Crippen LogP contribution in [0.25, 0.3) is 22.2 Å². The number of nitriles is 1. The number of benzene rings is 3. The Balaban J connectivity index is 1.50. The molecule has 0 spiro atoms. The van der Waals surface area contributed by atoms with Crippen molar-refractivity contribution in [3.05, 3.63) is 89.6 Å². The molecule has 0 radical (unpaired) electrons. The molecule has 0 aliphatic heterocycles. The summed E-state index contributed by atoms with van der Waals surface area (Å²) in [6.07, 6.45) is 1.94. The fraction of sp³-hybridized carbons (Fsp3) is 0.138. The third kappa shape index (κ3) is 4.44. The van der Waals surface area contributed by atoms with Crippen molar-refractivity contribution in [3.8, 4) is 28.8 Å². The highest BCUT2D eigenvalue weighted by molar-refractivity contribution is 5.83. The molecule has 2 aromatic heterocycles. The van der Waals surface area contributed by atoms with Crippen LogP contribution in [0.15, 0.2) is 72.9 Å². The van der Waals surface area contributed by atoms with Gasteiger partial charge in [0.2, 0.25) is 11.8 Å². The van der Waals surface area contributed by atoms with Crippen LogP contribution in [0, 0.1) is 25.2 Å². The van der Waals surface area contributed by atoms with E-state index >= 15 is 0 Å². The molecule has 178 valence electrons. The Bertz CT molecular complexity index is 1570. The third-order valence-electron chi connectivity index (χ3n) is 6.12. The minimum Gasteiger partial charge on any atom is -0.436 e. The van der Waals surface area contributed by atoms with E-state index in [0.717, 1.165) is 50.4 Å². The number of aryl methyl sites for hydroxylation is 3. The molecule has 0 saturated carbocycles. The number of ether oxygens (including phenoxy) is 1. The lowest BCUT2D eigenvalue weighted by atomic mass is 9.99. The Morgan fingerprint density at radius 3 is 2.17 bits per heavy atom. The Hall–Kier alpha value is -4.83. The minimum atomic E-state index is 0.421. The molecule has 2 N–H and O–H groups in total. The summed E-state index contributed by atoms with van der Waals surface area (Å²) >= 11 is 0. The number of aromatic nitrogens is 3. The largest absolute Gasteiger partial charge is 0.436 e. The molecule has 0 saturated heterocycles. The average molecular weight is 475 g/mol. The van der Waals surface area contributed by atoms with Gasteiger partial charge in [-0.15, -0.1) is 0 Å². The Morgan fingerprint density at radius 1 is 0.861 bits per heavy atom. The van der Waals surface area contributed by atoms with Gasteiger partial charge in [-0.25, -0.2) is 4.98 Å². The van der Waals surface area contributed by atoms with Crippen molar-refractivity contribution < 1.29 is 4.74 Å². The van der Waals surface area contributed by atoms with Gasteiger partial charge in [-0.05, 0) is 90.7 Å². The van der Waals surface area contributed by atoms with Gasteiger partial charge >= 0.3 is 0 Å². The van der Waals surface area contributed by atoms with Gasteiger partial charge in [-0.2, -0.15) is 10.2 Å². The van der Waals surface area contributed by atoms with Gasteiger partial charge in [0.25, 0.3) is 0 Å². The Morgan fingerprint density at radius 2 is 1.53 bits per heavy atom. The van der Waals surface area contributed by atoms with Crippen LogP contribution < -0.4 is 15.4 Å². The number of hydrogen-bond acceptors (Lipinski definition) is 6. The van der Waals surface area contributed by atoms with Crippen LogP contribution in [0.4, 0.5) is 17.3 Å². The summed E-state index contributed by atoms with van der Waals surface area (Å²) in [6.45, 7) is 4.10. The minimum absolute atomic E-state index is 0.421. The van der Waals surface area contributed by atoms with E-state index < -0.39 is 0 Å². The topological polar surface area (TPSA) is 87.8 Å². The lowest BCUT2D eigenvalue weighted by Crippen LogP contribution is -2.02. The first-order valence-electron chi connectivity index (χ1n) is 11.6. The summed E-state index contributed by atoms with van der Waals surface area (Å²) in [7, 11) is 3.86. The van der Waals surface area contributed by atoms with Crippen LogP contribution in [-0.2, 0) is 7.05 Å². The molecule has 3 aromatic carbocycles. The van der Waals surface area contributed by atoms with Gasteiger partial charge in [0, 0.05) is 31.7 Å². The maximum atomic E-state index is 9.05. The molecular weight excluding hydrogens is 448 g/mol. The fourth-order valence-electron chi connectivity index (χ4n) is 4.24. The molecule has 0 atom stereocenters. The van der Waals surface area contributed by atoms with E-state index in [0.29, 0.717) is 17.4 Å². The first-order valence-corrected chi connectivity index (χ1v) is 11.6. The van der Waals surface area contributed by atoms with Crippen LogP contribution in [0.3, 0.4) is 0 Å². The van der Waals surface area contributed by atoms with Crippen molar-refractivity contribution in [2.75, 3.05) is 17.7 Å². The number of hydrogen-bond donors (Lipinski definition) is 2. The van der Waals surface area contributed by atoms with Gasteiger partial charge < -0.3 is 19.9 Å². The first kappa shape index (κ1) is 22.9. The molecule has 7 nitrogen and oxygen atoms in total. The number of nitrogens with zero attached hydrogens (tertiary/aromatic N) is 4. The van der Waals surface area contributed by atoms with Gasteiger partial charge in [-0.1, -0.05) is 12.1 Å². The molecule has 7 heteroatoms. The molecular formula is C29H26N6O. The van der Waals surface area contributed by atoms with Crippen molar-refractivity contribution in [3.63, 3.8) is 0 Å². The van der Waals surface area contributed by atoms with Crippen LogP contribution in [0.5, 0.6) is 11.6 Å². The zero-order valence-electron chi connectivity index (χ0n) is 20.6. The Labute approximate surface area is 210 Å². The predicted octanol–water partition coefficient (Wildman–Crippen LogP) is 6.70. The van der Waals surface area contributed by atoms with Gasteiger partial charge in [-0.3, -0.25) is 0 Å². The fourth-order valence-corrected chi connectivity index (χ4v) is 4.24. The lowest BCUT2D eigenvalue weighted by Gasteiger charge is -2.16. The monoisotopic (exact) mass is 474 g/mol. The molecule has 0 aliphatic rings. The highest BCUT2D eigenvalue weighted by atomic mass is 16.5. The molecule has 0 unspecified atom stereocenters. The number of fused-ring (bicyclic) bond motifs is 1. The number of anilines is 3. The van der Waals surface area contributed by atoms with Crippen molar-refractivity contribution >= 4 is 28.4 Å². The molecule has 5 rings (SSSR count). The maximum absolute atomic E-state index is 9.05. The van der Waals surface area contributed by atoms with E-state index in [1.165, 1.54) is 0 Å². The van der Waals surface area contributed by atoms with E-state index in [9.17, 15) is 0 Å². The zero-order valence-corrected chi connectivity index (χ0v) is 20.6. The molecule has 36 heavy (non-hydrogen) atoms. The summed E-state index contributed by atoms with van der Waals surface area (Å²) in [4.78, 5) is 9.37. The SMILES string of the molecule is CNc1ccc(-c2cc(C)c(Oc3nc(Nc4ccc(C#N)cc4)nc4ccn(C)c34)c(C)c2)cc1. The van der Waals surface area contributed by atoms with Crippen molar-refractivity contribution in [1.82, 2.24) is 14.5 Å². The quantitative estimate of drug-likeness (QED) is 0.285. The molecule has 0 amide bonds. The summed E-state index contributed by atoms with van der Waals surface area (Å²) < 4.78 is 8.43. The van der Waals surface area contributed by atoms with E-state index in [2.05, 4.69) is 58.1 Å². The second-order valence-electron chi connectivity index (χ2n) is 8.70. The second kappa shape index (κ2) is 9.43. The second-order valence-corrected chi connectivity index (χ2v) is 8.70. The van der Waals surface area contributed by atoms with Crippen molar-refractivity contribution in [2.45, 2.75) is 13.8 Å². The summed E-state index contributed by atoms with van der Waals surface area (Å²) in [5.74, 6) is 1.67. The molecule has 0 bridgehead atoms. The molecule has 0 fully saturated rings. The molecule has 5 aromatic rings. The maximum Gasteiger partial charge on any atom is 0.249 e. The van der Waals surface area contributed by atoms with E-state index in [1.807, 2.05) is 56.9 Å². The smallest absolute Gasteiger partial charge is 0.249 e. The van der Waals surface area contributed by atoms with E-state index in [4.69, 9.17) is 15.0 Å². The van der Waals surface area contributed by atoms with Crippen molar-refractivity contribution in [2.24, 2.45) is 7.05 Å². The number of nitrogens with one attached hydrogen (secondary N) is 2. The van der Waals surface area contributed by atoms with Gasteiger partial charge in [0.05, 0.1) is 17.1 Å². The zero-order chi connectivity index (χ0) is 25.2. The normalized spacial score (nSPS) is 10.8. The first-order chi connectivity index (χ1) is 17.4. The van der Waals surface area contributed by atoms with Crippen LogP contribution in [0.2, 0.25) is 0 Å². The summed E-state index contributed by atoms with van der Waals surface area (Å²) in [6, 6.07) is 23.8. The van der Waals surface area contributed by atoms with Crippen LogP contribution in [-0.4, -0.2) is 21.6 Å². The van der Waals surface area contributed by atoms with Crippen LogP contribution in [0.1, 0.15) is 16.7 Å². The van der Waals surface area contributed by atoms with E-state index in [-0.39, 0.29) is 0 Å². The third-order valence-corrected chi connectivity index (χ3v) is 6.12.